The summed E-state index contributed by atoms with van der Waals surface area (Å²) in [6, 6.07) is 13.0. The van der Waals surface area contributed by atoms with E-state index in [2.05, 4.69) is 40.1 Å². The molecular formula is C22H32N4O2S2. The first-order valence-electron chi connectivity index (χ1n) is 10.5. The number of benzene rings is 1. The third kappa shape index (κ3) is 6.30. The van der Waals surface area contributed by atoms with E-state index in [1.165, 1.54) is 4.88 Å². The van der Waals surface area contributed by atoms with Gasteiger partial charge in [0.05, 0.1) is 4.90 Å². The van der Waals surface area contributed by atoms with Crippen LogP contribution in [0.1, 0.15) is 24.6 Å². The summed E-state index contributed by atoms with van der Waals surface area (Å²) in [4.78, 5) is 6.11. The van der Waals surface area contributed by atoms with Crippen molar-refractivity contribution in [2.24, 2.45) is 16.8 Å². The van der Waals surface area contributed by atoms with Crippen LogP contribution in [0.3, 0.4) is 0 Å². The molecular weight excluding hydrogens is 416 g/mol. The van der Waals surface area contributed by atoms with Crippen LogP contribution in [-0.4, -0.2) is 51.9 Å². The standard InChI is InChI=1S/C22H32N4O2S2/c1-18(15-20-7-6-14-29-20)16-24-22(23-2)25-17-19-10-12-26(13-11-19)30(27,28)21-8-4-3-5-9-21/h3-9,14,18-19H,10-13,15-17H2,1-2H3,(H2,23,24,25). The fraction of sp³-hybridized carbons (Fsp3) is 0.500. The van der Waals surface area contributed by atoms with Crippen molar-refractivity contribution < 1.29 is 8.42 Å². The summed E-state index contributed by atoms with van der Waals surface area (Å²) in [5.74, 6) is 1.77. The molecule has 6 nitrogen and oxygen atoms in total. The van der Waals surface area contributed by atoms with Gasteiger partial charge in [0.1, 0.15) is 0 Å². The Morgan fingerprint density at radius 3 is 2.53 bits per heavy atom. The summed E-state index contributed by atoms with van der Waals surface area (Å²) in [7, 11) is -1.60. The molecule has 8 heteroatoms. The maximum Gasteiger partial charge on any atom is 0.243 e. The number of hydrogen-bond donors (Lipinski definition) is 2. The molecule has 0 spiro atoms. The SMILES string of the molecule is CN=C(NCC(C)Cc1cccs1)NCC1CCN(S(=O)(=O)c2ccccc2)CC1. The zero-order chi connectivity index (χ0) is 21.4. The fourth-order valence-electron chi connectivity index (χ4n) is 3.67. The second-order valence-corrected chi connectivity index (χ2v) is 10.9. The molecule has 3 rings (SSSR count). The summed E-state index contributed by atoms with van der Waals surface area (Å²) in [6.45, 7) is 5.04. The van der Waals surface area contributed by atoms with E-state index in [-0.39, 0.29) is 0 Å². The maximum atomic E-state index is 12.8. The minimum atomic E-state index is -3.38. The van der Waals surface area contributed by atoms with E-state index in [0.29, 0.717) is 29.8 Å². The Labute approximate surface area is 184 Å². The first-order chi connectivity index (χ1) is 14.5. The molecule has 1 unspecified atom stereocenters. The van der Waals surface area contributed by atoms with Crippen LogP contribution in [0.2, 0.25) is 0 Å². The first-order valence-corrected chi connectivity index (χ1v) is 12.8. The highest BCUT2D eigenvalue weighted by molar-refractivity contribution is 7.89. The Morgan fingerprint density at radius 1 is 1.17 bits per heavy atom. The largest absolute Gasteiger partial charge is 0.356 e. The molecule has 1 aliphatic rings. The molecule has 0 bridgehead atoms. The van der Waals surface area contributed by atoms with Crippen molar-refractivity contribution in [1.82, 2.24) is 14.9 Å². The number of piperidine rings is 1. The van der Waals surface area contributed by atoms with Crippen LogP contribution in [0.15, 0.2) is 57.7 Å². The number of rotatable bonds is 8. The van der Waals surface area contributed by atoms with Crippen LogP contribution in [-0.2, 0) is 16.4 Å². The van der Waals surface area contributed by atoms with Gasteiger partial charge in [0.2, 0.25) is 10.0 Å². The van der Waals surface area contributed by atoms with Crippen molar-refractivity contribution in [2.45, 2.75) is 31.1 Å². The maximum absolute atomic E-state index is 12.8. The van der Waals surface area contributed by atoms with Crippen LogP contribution in [0, 0.1) is 11.8 Å². The van der Waals surface area contributed by atoms with Crippen LogP contribution in [0.25, 0.3) is 0 Å². The van der Waals surface area contributed by atoms with Gasteiger partial charge < -0.3 is 10.6 Å². The number of guanidine groups is 1. The molecule has 1 aliphatic heterocycles. The molecule has 164 valence electrons. The molecule has 30 heavy (non-hydrogen) atoms. The molecule has 2 aromatic rings. The van der Waals surface area contributed by atoms with Crippen molar-refractivity contribution >= 4 is 27.3 Å². The molecule has 1 aromatic heterocycles. The topological polar surface area (TPSA) is 73.8 Å². The second kappa shape index (κ2) is 10.9. The van der Waals surface area contributed by atoms with E-state index in [1.54, 1.807) is 47.0 Å². The highest BCUT2D eigenvalue weighted by atomic mass is 32.2. The van der Waals surface area contributed by atoms with Gasteiger partial charge in [0.15, 0.2) is 5.96 Å². The number of nitrogens with zero attached hydrogens (tertiary/aromatic N) is 2. The molecule has 2 N–H and O–H groups in total. The Morgan fingerprint density at radius 2 is 1.90 bits per heavy atom. The van der Waals surface area contributed by atoms with Crippen molar-refractivity contribution in [1.29, 1.82) is 0 Å². The highest BCUT2D eigenvalue weighted by Crippen LogP contribution is 2.23. The zero-order valence-corrected chi connectivity index (χ0v) is 19.4. The third-order valence-corrected chi connectivity index (χ3v) is 8.30. The monoisotopic (exact) mass is 448 g/mol. The number of nitrogens with one attached hydrogen (secondary N) is 2. The van der Waals surface area contributed by atoms with E-state index in [0.717, 1.165) is 38.3 Å². The Balaban J connectivity index is 1.40. The lowest BCUT2D eigenvalue weighted by Crippen LogP contribution is -2.45. The van der Waals surface area contributed by atoms with Gasteiger partial charge in [-0.3, -0.25) is 4.99 Å². The lowest BCUT2D eigenvalue weighted by Gasteiger charge is -2.31. The number of thiophene rings is 1. The Kier molecular flexibility index (Phi) is 8.30. The van der Waals surface area contributed by atoms with E-state index in [1.807, 2.05) is 6.07 Å². The molecule has 0 aliphatic carbocycles. The van der Waals surface area contributed by atoms with Crippen LogP contribution >= 0.6 is 11.3 Å². The molecule has 0 amide bonds. The number of hydrogen-bond acceptors (Lipinski definition) is 4. The van der Waals surface area contributed by atoms with Gasteiger partial charge in [-0.15, -0.1) is 11.3 Å². The zero-order valence-electron chi connectivity index (χ0n) is 17.8. The molecule has 1 atom stereocenters. The normalized spacial score (nSPS) is 17.6. The summed E-state index contributed by atoms with van der Waals surface area (Å²) >= 11 is 1.80. The van der Waals surface area contributed by atoms with Crippen molar-refractivity contribution in [2.75, 3.05) is 33.2 Å². The van der Waals surface area contributed by atoms with Gasteiger partial charge in [0.25, 0.3) is 0 Å². The molecule has 1 aromatic carbocycles. The summed E-state index contributed by atoms with van der Waals surface area (Å²) in [5, 5.41) is 8.94. The van der Waals surface area contributed by atoms with Gasteiger partial charge in [0, 0.05) is 38.1 Å². The minimum Gasteiger partial charge on any atom is -0.356 e. The van der Waals surface area contributed by atoms with Gasteiger partial charge in [-0.25, -0.2) is 8.42 Å². The average molecular weight is 449 g/mol. The molecule has 0 saturated carbocycles. The summed E-state index contributed by atoms with van der Waals surface area (Å²) < 4.78 is 27.1. The van der Waals surface area contributed by atoms with Gasteiger partial charge in [-0.1, -0.05) is 31.2 Å². The van der Waals surface area contributed by atoms with Crippen molar-refractivity contribution in [3.63, 3.8) is 0 Å². The highest BCUT2D eigenvalue weighted by Gasteiger charge is 2.29. The Hall–Kier alpha value is -1.90. The molecule has 1 saturated heterocycles. The first kappa shape index (κ1) is 22.8. The minimum absolute atomic E-state index is 0.378. The average Bonchev–Trinajstić information content (AvgIpc) is 3.28. The third-order valence-electron chi connectivity index (χ3n) is 5.48. The smallest absolute Gasteiger partial charge is 0.243 e. The van der Waals surface area contributed by atoms with E-state index in [4.69, 9.17) is 0 Å². The number of sulfonamides is 1. The second-order valence-electron chi connectivity index (χ2n) is 7.88. The number of aliphatic imine (C=N–C) groups is 1. The quantitative estimate of drug-likeness (QED) is 0.480. The van der Waals surface area contributed by atoms with Gasteiger partial charge in [-0.05, 0) is 54.7 Å². The summed E-state index contributed by atoms with van der Waals surface area (Å²) in [6.07, 6.45) is 2.77. The van der Waals surface area contributed by atoms with E-state index >= 15 is 0 Å². The molecule has 2 heterocycles. The summed E-state index contributed by atoms with van der Waals surface area (Å²) in [5.41, 5.74) is 0. The van der Waals surface area contributed by atoms with Crippen LogP contribution in [0.4, 0.5) is 0 Å². The molecule has 1 fully saturated rings. The molecule has 0 radical (unpaired) electrons. The van der Waals surface area contributed by atoms with Crippen LogP contribution < -0.4 is 10.6 Å². The fourth-order valence-corrected chi connectivity index (χ4v) is 6.03. The van der Waals surface area contributed by atoms with Crippen molar-refractivity contribution in [3.05, 3.63) is 52.7 Å². The van der Waals surface area contributed by atoms with Gasteiger partial charge >= 0.3 is 0 Å². The Bertz CT molecular complexity index is 890. The van der Waals surface area contributed by atoms with Gasteiger partial charge in [-0.2, -0.15) is 4.31 Å². The van der Waals surface area contributed by atoms with Crippen molar-refractivity contribution in [3.8, 4) is 0 Å². The van der Waals surface area contributed by atoms with E-state index < -0.39 is 10.0 Å². The van der Waals surface area contributed by atoms with Crippen LogP contribution in [0.5, 0.6) is 0 Å². The predicted molar refractivity (Wildman–Crippen MR) is 124 cm³/mol. The predicted octanol–water partition coefficient (Wildman–Crippen LogP) is 3.19. The lowest BCUT2D eigenvalue weighted by atomic mass is 9.98. The van der Waals surface area contributed by atoms with E-state index in [9.17, 15) is 8.42 Å². The lowest BCUT2D eigenvalue weighted by molar-refractivity contribution is 0.273.